The van der Waals surface area contributed by atoms with Gasteiger partial charge in [-0.15, -0.1) is 0 Å². The fourth-order valence-corrected chi connectivity index (χ4v) is 1.23. The van der Waals surface area contributed by atoms with Gasteiger partial charge in [0, 0.05) is 6.20 Å². The highest BCUT2D eigenvalue weighted by Crippen LogP contribution is 2.26. The number of hydrogen-bond donors (Lipinski definition) is 1. The topological polar surface area (TPSA) is 48.1 Å². The van der Waals surface area contributed by atoms with Gasteiger partial charge in [-0.25, -0.2) is 4.98 Å². The molecule has 0 aliphatic carbocycles. The Balaban J connectivity index is 2.29. The van der Waals surface area contributed by atoms with E-state index < -0.39 is 0 Å². The molecule has 76 valence electrons. The predicted octanol–water partition coefficient (Wildman–Crippen LogP) is 2.76. The Morgan fingerprint density at radius 3 is 2.60 bits per heavy atom. The van der Waals surface area contributed by atoms with Crippen LogP contribution in [0, 0.1) is 6.92 Å². The summed E-state index contributed by atoms with van der Waals surface area (Å²) in [4.78, 5) is 4.09. The average molecular weight is 200 g/mol. The molecule has 2 aromatic rings. The molecule has 0 aliphatic heterocycles. The molecule has 0 saturated carbocycles. The monoisotopic (exact) mass is 200 g/mol. The zero-order valence-electron chi connectivity index (χ0n) is 8.47. The maximum atomic E-state index is 5.84. The second-order valence-corrected chi connectivity index (χ2v) is 3.26. The smallest absolute Gasteiger partial charge is 0.242 e. The number of pyridine rings is 1. The minimum absolute atomic E-state index is 0.459. The molecule has 1 aromatic heterocycles. The molecule has 0 fully saturated rings. The summed E-state index contributed by atoms with van der Waals surface area (Å²) in [7, 11) is 0. The van der Waals surface area contributed by atoms with E-state index in [9.17, 15) is 0 Å². The lowest BCUT2D eigenvalue weighted by Gasteiger charge is -2.08. The largest absolute Gasteiger partial charge is 0.437 e. The highest BCUT2D eigenvalue weighted by Gasteiger charge is 2.04. The van der Waals surface area contributed by atoms with E-state index in [1.54, 1.807) is 6.20 Å². The van der Waals surface area contributed by atoms with Crippen LogP contribution in [0.25, 0.3) is 0 Å². The van der Waals surface area contributed by atoms with E-state index in [0.717, 1.165) is 11.3 Å². The van der Waals surface area contributed by atoms with Gasteiger partial charge >= 0.3 is 0 Å². The van der Waals surface area contributed by atoms with Crippen LogP contribution in [0.3, 0.4) is 0 Å². The predicted molar refractivity (Wildman–Crippen MR) is 59.9 cm³/mol. The van der Waals surface area contributed by atoms with Gasteiger partial charge in [-0.1, -0.05) is 18.2 Å². The van der Waals surface area contributed by atoms with E-state index in [1.165, 1.54) is 0 Å². The normalized spacial score (nSPS) is 9.93. The van der Waals surface area contributed by atoms with Crippen molar-refractivity contribution in [3.8, 4) is 11.6 Å². The van der Waals surface area contributed by atoms with Gasteiger partial charge in [-0.05, 0) is 30.7 Å². The van der Waals surface area contributed by atoms with E-state index >= 15 is 0 Å². The van der Waals surface area contributed by atoms with Crippen molar-refractivity contribution < 1.29 is 4.74 Å². The minimum atomic E-state index is 0.459. The van der Waals surface area contributed by atoms with Gasteiger partial charge in [0.1, 0.15) is 5.75 Å². The van der Waals surface area contributed by atoms with E-state index in [2.05, 4.69) is 4.98 Å². The number of nitrogens with zero attached hydrogens (tertiary/aromatic N) is 1. The summed E-state index contributed by atoms with van der Waals surface area (Å²) in [6.07, 6.45) is 1.68. The Bertz CT molecular complexity index is 454. The van der Waals surface area contributed by atoms with E-state index in [-0.39, 0.29) is 0 Å². The molecule has 0 amide bonds. The quantitative estimate of drug-likeness (QED) is 0.810. The Morgan fingerprint density at radius 1 is 1.13 bits per heavy atom. The van der Waals surface area contributed by atoms with Crippen molar-refractivity contribution in [1.82, 2.24) is 4.98 Å². The van der Waals surface area contributed by atoms with Crippen LogP contribution in [0.15, 0.2) is 42.6 Å². The number of anilines is 1. The average Bonchev–Trinajstić information content (AvgIpc) is 2.26. The molecule has 15 heavy (non-hydrogen) atoms. The van der Waals surface area contributed by atoms with Crippen LogP contribution in [-0.4, -0.2) is 4.98 Å². The zero-order valence-corrected chi connectivity index (χ0v) is 8.47. The van der Waals surface area contributed by atoms with Gasteiger partial charge in [0.05, 0.1) is 5.69 Å². The van der Waals surface area contributed by atoms with Crippen LogP contribution in [0.1, 0.15) is 5.56 Å². The first-order chi connectivity index (χ1) is 7.27. The molecule has 0 bridgehead atoms. The fourth-order valence-electron chi connectivity index (χ4n) is 1.23. The second kappa shape index (κ2) is 4.00. The van der Waals surface area contributed by atoms with Gasteiger partial charge in [0.2, 0.25) is 5.88 Å². The van der Waals surface area contributed by atoms with E-state index in [4.69, 9.17) is 10.5 Å². The zero-order chi connectivity index (χ0) is 10.7. The number of hydrogen-bond acceptors (Lipinski definition) is 3. The van der Waals surface area contributed by atoms with Crippen LogP contribution < -0.4 is 10.5 Å². The molecule has 0 spiro atoms. The van der Waals surface area contributed by atoms with Gasteiger partial charge in [0.15, 0.2) is 0 Å². The van der Waals surface area contributed by atoms with Crippen LogP contribution in [0.4, 0.5) is 5.69 Å². The van der Waals surface area contributed by atoms with Gasteiger partial charge in [0.25, 0.3) is 0 Å². The lowest BCUT2D eigenvalue weighted by Crippen LogP contribution is -1.96. The lowest BCUT2D eigenvalue weighted by atomic mass is 10.2. The van der Waals surface area contributed by atoms with Crippen molar-refractivity contribution >= 4 is 5.69 Å². The third-order valence-electron chi connectivity index (χ3n) is 2.13. The third-order valence-corrected chi connectivity index (χ3v) is 2.13. The molecule has 0 atom stereocenters. The lowest BCUT2D eigenvalue weighted by molar-refractivity contribution is 0.465. The van der Waals surface area contributed by atoms with Crippen molar-refractivity contribution in [2.24, 2.45) is 0 Å². The number of rotatable bonds is 2. The summed E-state index contributed by atoms with van der Waals surface area (Å²) in [5.41, 5.74) is 7.40. The van der Waals surface area contributed by atoms with Crippen LogP contribution in [0.5, 0.6) is 11.6 Å². The van der Waals surface area contributed by atoms with Gasteiger partial charge in [-0.2, -0.15) is 0 Å². The molecular formula is C12H12N2O. The number of nitrogen functional groups attached to an aromatic ring is 1. The van der Waals surface area contributed by atoms with Gasteiger partial charge in [-0.3, -0.25) is 0 Å². The maximum absolute atomic E-state index is 5.84. The summed E-state index contributed by atoms with van der Waals surface area (Å²) in [5, 5.41) is 0. The maximum Gasteiger partial charge on any atom is 0.242 e. The van der Waals surface area contributed by atoms with Crippen molar-refractivity contribution in [2.75, 3.05) is 5.73 Å². The van der Waals surface area contributed by atoms with Gasteiger partial charge < -0.3 is 10.5 Å². The van der Waals surface area contributed by atoms with Crippen molar-refractivity contribution in [1.29, 1.82) is 0 Å². The fraction of sp³-hybridized carbons (Fsp3) is 0.0833. The summed E-state index contributed by atoms with van der Waals surface area (Å²) < 4.78 is 5.55. The number of aryl methyl sites for hydroxylation is 1. The van der Waals surface area contributed by atoms with Crippen molar-refractivity contribution in [3.63, 3.8) is 0 Å². The van der Waals surface area contributed by atoms with Crippen molar-refractivity contribution in [2.45, 2.75) is 6.92 Å². The van der Waals surface area contributed by atoms with E-state index in [1.807, 2.05) is 43.3 Å². The number of ether oxygens (including phenoxy) is 1. The van der Waals surface area contributed by atoms with Crippen molar-refractivity contribution in [3.05, 3.63) is 48.2 Å². The molecule has 2 N–H and O–H groups in total. The first-order valence-corrected chi connectivity index (χ1v) is 4.71. The summed E-state index contributed by atoms with van der Waals surface area (Å²) >= 11 is 0. The minimum Gasteiger partial charge on any atom is -0.437 e. The summed E-state index contributed by atoms with van der Waals surface area (Å²) in [5.74, 6) is 1.20. The SMILES string of the molecule is Cc1ccnc(Oc2ccccc2)c1N. The molecular weight excluding hydrogens is 188 g/mol. The highest BCUT2D eigenvalue weighted by atomic mass is 16.5. The molecule has 0 saturated heterocycles. The molecule has 0 unspecified atom stereocenters. The van der Waals surface area contributed by atoms with Crippen LogP contribution in [0.2, 0.25) is 0 Å². The molecule has 1 heterocycles. The highest BCUT2D eigenvalue weighted by molar-refractivity contribution is 5.54. The molecule has 3 nitrogen and oxygen atoms in total. The number of benzene rings is 1. The standard InChI is InChI=1S/C12H12N2O/c1-9-7-8-14-12(11(9)13)15-10-5-3-2-4-6-10/h2-8H,13H2,1H3. The number of para-hydroxylation sites is 1. The Kier molecular flexibility index (Phi) is 2.54. The molecule has 2 rings (SSSR count). The van der Waals surface area contributed by atoms with Crippen LogP contribution in [-0.2, 0) is 0 Å². The second-order valence-electron chi connectivity index (χ2n) is 3.26. The Morgan fingerprint density at radius 2 is 1.87 bits per heavy atom. The summed E-state index contributed by atoms with van der Waals surface area (Å²) in [6, 6.07) is 11.3. The molecule has 0 aliphatic rings. The number of aromatic nitrogens is 1. The Labute approximate surface area is 88.5 Å². The van der Waals surface area contributed by atoms with Crippen LogP contribution >= 0.6 is 0 Å². The first kappa shape index (κ1) is 9.52. The molecule has 1 aromatic carbocycles. The first-order valence-electron chi connectivity index (χ1n) is 4.71. The molecule has 3 heteroatoms. The third kappa shape index (κ3) is 2.07. The number of nitrogens with two attached hydrogens (primary N) is 1. The van der Waals surface area contributed by atoms with E-state index in [0.29, 0.717) is 11.6 Å². The summed E-state index contributed by atoms with van der Waals surface area (Å²) in [6.45, 7) is 1.93. The molecule has 0 radical (unpaired) electrons. The Hall–Kier alpha value is -2.03.